The molecule has 0 aliphatic heterocycles. The number of nitro groups is 1. The molecule has 2 aromatic rings. The Labute approximate surface area is 126 Å². The molecule has 0 atom stereocenters. The summed E-state index contributed by atoms with van der Waals surface area (Å²) in [4.78, 5) is 26.1. The van der Waals surface area contributed by atoms with Gasteiger partial charge in [0.1, 0.15) is 0 Å². The fraction of sp³-hybridized carbons (Fsp3) is 0.286. The van der Waals surface area contributed by atoms with Crippen molar-refractivity contribution in [3.8, 4) is 11.3 Å². The lowest BCUT2D eigenvalue weighted by Crippen LogP contribution is -2.10. The Bertz CT molecular complexity index is 637. The molecule has 2 rings (SSSR count). The summed E-state index contributed by atoms with van der Waals surface area (Å²) in [6, 6.07) is 6.17. The lowest BCUT2D eigenvalue weighted by molar-refractivity contribution is -0.384. The predicted molar refractivity (Wildman–Crippen MR) is 82.4 cm³/mol. The summed E-state index contributed by atoms with van der Waals surface area (Å²) in [6.07, 6.45) is 2.31. The van der Waals surface area contributed by atoms with Crippen LogP contribution in [0.25, 0.3) is 11.3 Å². The van der Waals surface area contributed by atoms with Gasteiger partial charge in [0.15, 0.2) is 5.13 Å². The van der Waals surface area contributed by atoms with Crippen LogP contribution in [-0.2, 0) is 4.79 Å². The fourth-order valence-electron chi connectivity index (χ4n) is 1.74. The largest absolute Gasteiger partial charge is 0.302 e. The molecule has 1 aromatic heterocycles. The summed E-state index contributed by atoms with van der Waals surface area (Å²) < 4.78 is 0. The van der Waals surface area contributed by atoms with E-state index in [-0.39, 0.29) is 11.6 Å². The van der Waals surface area contributed by atoms with Crippen molar-refractivity contribution in [1.82, 2.24) is 4.98 Å². The number of anilines is 1. The van der Waals surface area contributed by atoms with Gasteiger partial charge in [0.25, 0.3) is 5.69 Å². The van der Waals surface area contributed by atoms with Crippen molar-refractivity contribution in [2.45, 2.75) is 26.2 Å². The monoisotopic (exact) mass is 305 g/mol. The number of rotatable bonds is 6. The fourth-order valence-corrected chi connectivity index (χ4v) is 2.47. The van der Waals surface area contributed by atoms with E-state index in [0.717, 1.165) is 18.4 Å². The molecule has 0 radical (unpaired) electrons. The molecule has 0 aliphatic rings. The Morgan fingerprint density at radius 2 is 2.10 bits per heavy atom. The minimum Gasteiger partial charge on any atom is -0.302 e. The molecule has 21 heavy (non-hydrogen) atoms. The molecule has 1 heterocycles. The average molecular weight is 305 g/mol. The van der Waals surface area contributed by atoms with E-state index < -0.39 is 4.92 Å². The molecule has 0 saturated carbocycles. The van der Waals surface area contributed by atoms with E-state index in [2.05, 4.69) is 10.3 Å². The molecule has 0 saturated heterocycles. The smallest absolute Gasteiger partial charge is 0.269 e. The van der Waals surface area contributed by atoms with Crippen molar-refractivity contribution in [3.63, 3.8) is 0 Å². The number of nitrogens with zero attached hydrogens (tertiary/aromatic N) is 2. The summed E-state index contributed by atoms with van der Waals surface area (Å²) in [7, 11) is 0. The number of unbranched alkanes of at least 4 members (excludes halogenated alkanes) is 1. The highest BCUT2D eigenvalue weighted by Crippen LogP contribution is 2.26. The normalized spacial score (nSPS) is 10.3. The maximum absolute atomic E-state index is 11.6. The van der Waals surface area contributed by atoms with E-state index in [4.69, 9.17) is 0 Å². The van der Waals surface area contributed by atoms with E-state index in [1.807, 2.05) is 12.3 Å². The van der Waals surface area contributed by atoms with Crippen molar-refractivity contribution in [2.24, 2.45) is 0 Å². The minimum atomic E-state index is -0.440. The van der Waals surface area contributed by atoms with Crippen LogP contribution in [0.1, 0.15) is 26.2 Å². The summed E-state index contributed by atoms with van der Waals surface area (Å²) in [6.45, 7) is 2.03. The predicted octanol–water partition coefficient (Wildman–Crippen LogP) is 3.85. The van der Waals surface area contributed by atoms with Crippen LogP contribution in [0, 0.1) is 10.1 Å². The van der Waals surface area contributed by atoms with Gasteiger partial charge in [-0.2, -0.15) is 0 Å². The molecule has 0 aliphatic carbocycles. The molecule has 0 unspecified atom stereocenters. The molecule has 110 valence electrons. The molecule has 0 bridgehead atoms. The molecule has 0 spiro atoms. The van der Waals surface area contributed by atoms with Gasteiger partial charge < -0.3 is 5.32 Å². The van der Waals surface area contributed by atoms with Crippen molar-refractivity contribution in [2.75, 3.05) is 5.32 Å². The number of benzene rings is 1. The number of hydrogen-bond donors (Lipinski definition) is 1. The van der Waals surface area contributed by atoms with Crippen LogP contribution in [0.5, 0.6) is 0 Å². The summed E-state index contributed by atoms with van der Waals surface area (Å²) >= 11 is 1.34. The molecular formula is C14H15N3O3S. The zero-order valence-corrected chi connectivity index (χ0v) is 12.4. The number of thiazole rings is 1. The maximum Gasteiger partial charge on any atom is 0.269 e. The third-order valence-corrected chi connectivity index (χ3v) is 3.64. The lowest BCUT2D eigenvalue weighted by atomic mass is 10.1. The topological polar surface area (TPSA) is 85.1 Å². The second kappa shape index (κ2) is 6.94. The standard InChI is InChI=1S/C14H15N3O3S/c1-2-3-4-13(18)16-14-15-12(9-21-14)10-5-7-11(8-6-10)17(19)20/h5-9H,2-4H2,1H3,(H,15,16,18). The van der Waals surface area contributed by atoms with Gasteiger partial charge in [-0.3, -0.25) is 14.9 Å². The number of carbonyl (C=O) groups excluding carboxylic acids is 1. The molecule has 1 N–H and O–H groups in total. The molecule has 6 nitrogen and oxygen atoms in total. The first-order chi connectivity index (χ1) is 10.1. The van der Waals surface area contributed by atoms with Gasteiger partial charge in [-0.1, -0.05) is 13.3 Å². The van der Waals surface area contributed by atoms with Gasteiger partial charge in [-0.15, -0.1) is 11.3 Å². The van der Waals surface area contributed by atoms with Gasteiger partial charge in [0.2, 0.25) is 5.91 Å². The minimum absolute atomic E-state index is 0.0403. The molecule has 7 heteroatoms. The van der Waals surface area contributed by atoms with E-state index >= 15 is 0 Å². The average Bonchev–Trinajstić information content (AvgIpc) is 2.93. The van der Waals surface area contributed by atoms with Crippen LogP contribution in [0.3, 0.4) is 0 Å². The molecular weight excluding hydrogens is 290 g/mol. The second-order valence-electron chi connectivity index (χ2n) is 4.49. The number of nitrogens with one attached hydrogen (secondary N) is 1. The van der Waals surface area contributed by atoms with Crippen molar-refractivity contribution in [3.05, 3.63) is 39.8 Å². The van der Waals surface area contributed by atoms with Crippen molar-refractivity contribution < 1.29 is 9.72 Å². The Morgan fingerprint density at radius 1 is 1.38 bits per heavy atom. The number of non-ortho nitro benzene ring substituents is 1. The first-order valence-corrected chi connectivity index (χ1v) is 7.48. The number of amides is 1. The SMILES string of the molecule is CCCCC(=O)Nc1nc(-c2ccc([N+](=O)[O-])cc2)cs1. The van der Waals surface area contributed by atoms with Gasteiger partial charge in [-0.25, -0.2) is 4.98 Å². The van der Waals surface area contributed by atoms with Crippen molar-refractivity contribution in [1.29, 1.82) is 0 Å². The van der Waals surface area contributed by atoms with Gasteiger partial charge in [-0.05, 0) is 18.6 Å². The zero-order valence-electron chi connectivity index (χ0n) is 11.5. The highest BCUT2D eigenvalue weighted by Gasteiger charge is 2.09. The van der Waals surface area contributed by atoms with E-state index in [0.29, 0.717) is 17.2 Å². The van der Waals surface area contributed by atoms with Crippen LogP contribution in [-0.4, -0.2) is 15.8 Å². The molecule has 0 fully saturated rings. The Kier molecular flexibility index (Phi) is 4.99. The summed E-state index contributed by atoms with van der Waals surface area (Å²) in [5.74, 6) is -0.0403. The van der Waals surface area contributed by atoms with E-state index in [1.165, 1.54) is 23.5 Å². The van der Waals surface area contributed by atoms with Gasteiger partial charge >= 0.3 is 0 Å². The zero-order chi connectivity index (χ0) is 15.2. The first-order valence-electron chi connectivity index (χ1n) is 6.60. The number of aromatic nitrogens is 1. The van der Waals surface area contributed by atoms with Gasteiger partial charge in [0.05, 0.1) is 10.6 Å². The Morgan fingerprint density at radius 3 is 2.71 bits per heavy atom. The maximum atomic E-state index is 11.6. The molecule has 1 amide bonds. The van der Waals surface area contributed by atoms with Crippen LogP contribution < -0.4 is 5.32 Å². The Hall–Kier alpha value is -2.28. The van der Waals surface area contributed by atoms with E-state index in [9.17, 15) is 14.9 Å². The van der Waals surface area contributed by atoms with Crippen molar-refractivity contribution >= 4 is 28.1 Å². The molecule has 1 aromatic carbocycles. The second-order valence-corrected chi connectivity index (χ2v) is 5.35. The summed E-state index contributed by atoms with van der Waals surface area (Å²) in [5.41, 5.74) is 1.52. The number of nitro benzene ring substituents is 1. The Balaban J connectivity index is 2.05. The highest BCUT2D eigenvalue weighted by atomic mass is 32.1. The van der Waals surface area contributed by atoms with Gasteiger partial charge in [0, 0.05) is 29.5 Å². The first kappa shape index (κ1) is 15.1. The van der Waals surface area contributed by atoms with E-state index in [1.54, 1.807) is 12.1 Å². The lowest BCUT2D eigenvalue weighted by Gasteiger charge is -2.00. The van der Waals surface area contributed by atoms with Crippen LogP contribution in [0.2, 0.25) is 0 Å². The quantitative estimate of drug-likeness (QED) is 0.649. The number of hydrogen-bond acceptors (Lipinski definition) is 5. The highest BCUT2D eigenvalue weighted by molar-refractivity contribution is 7.14. The van der Waals surface area contributed by atoms with Crippen LogP contribution in [0.15, 0.2) is 29.6 Å². The summed E-state index contributed by atoms with van der Waals surface area (Å²) in [5, 5.41) is 15.7. The van der Waals surface area contributed by atoms with Crippen LogP contribution in [0.4, 0.5) is 10.8 Å². The third kappa shape index (κ3) is 4.09. The third-order valence-electron chi connectivity index (χ3n) is 2.88. The van der Waals surface area contributed by atoms with Crippen LogP contribution >= 0.6 is 11.3 Å². The number of carbonyl (C=O) groups is 1.